The summed E-state index contributed by atoms with van der Waals surface area (Å²) in [5.74, 6) is -0.386. The molecule has 0 spiro atoms. The Labute approximate surface area is 115 Å². The van der Waals surface area contributed by atoms with E-state index in [1.165, 1.54) is 0 Å². The predicted molar refractivity (Wildman–Crippen MR) is 72.5 cm³/mol. The number of nitriles is 1. The van der Waals surface area contributed by atoms with Gasteiger partial charge in [0.1, 0.15) is 6.07 Å². The Kier molecular flexibility index (Phi) is 4.79. The van der Waals surface area contributed by atoms with E-state index in [0.29, 0.717) is 17.7 Å². The molecule has 0 aliphatic rings. The van der Waals surface area contributed by atoms with E-state index in [1.54, 1.807) is 19.1 Å². The third-order valence-corrected chi connectivity index (χ3v) is 4.70. The fourth-order valence-electron chi connectivity index (χ4n) is 1.00. The first-order chi connectivity index (χ1) is 7.10. The van der Waals surface area contributed by atoms with E-state index in [-0.39, 0.29) is 5.97 Å². The second-order valence-corrected chi connectivity index (χ2v) is 4.89. The highest BCUT2D eigenvalue weighted by atomic mass is 127. The van der Waals surface area contributed by atoms with Crippen LogP contribution in [0.5, 0.6) is 0 Å². The molecular weight excluding hydrogens is 420 g/mol. The minimum Gasteiger partial charge on any atom is -0.462 e. The Morgan fingerprint density at radius 1 is 1.53 bits per heavy atom. The van der Waals surface area contributed by atoms with Gasteiger partial charge in [-0.15, -0.1) is 0 Å². The standard InChI is InChI=1S/C10H7I2NO2/c1-2-15-10(14)6-3-7(5-13)9(12)8(11)4-6/h3-4H,2H2,1H3. The van der Waals surface area contributed by atoms with Gasteiger partial charge in [0.15, 0.2) is 0 Å². The van der Waals surface area contributed by atoms with Crippen molar-refractivity contribution in [3.05, 3.63) is 30.4 Å². The number of halogens is 2. The van der Waals surface area contributed by atoms with Crippen LogP contribution in [0.1, 0.15) is 22.8 Å². The highest BCUT2D eigenvalue weighted by molar-refractivity contribution is 14.1. The molecule has 15 heavy (non-hydrogen) atoms. The number of carbonyl (C=O) groups is 1. The van der Waals surface area contributed by atoms with E-state index in [4.69, 9.17) is 10.00 Å². The zero-order valence-electron chi connectivity index (χ0n) is 7.88. The fraction of sp³-hybridized carbons (Fsp3) is 0.200. The largest absolute Gasteiger partial charge is 0.462 e. The molecule has 0 amide bonds. The van der Waals surface area contributed by atoms with Crippen LogP contribution < -0.4 is 0 Å². The first-order valence-electron chi connectivity index (χ1n) is 4.16. The van der Waals surface area contributed by atoms with E-state index >= 15 is 0 Å². The molecule has 5 heteroatoms. The summed E-state index contributed by atoms with van der Waals surface area (Å²) in [5.41, 5.74) is 0.934. The van der Waals surface area contributed by atoms with Crippen LogP contribution in [0.4, 0.5) is 0 Å². The Bertz CT molecular complexity index is 438. The Hall–Kier alpha value is -0.360. The summed E-state index contributed by atoms with van der Waals surface area (Å²) in [7, 11) is 0. The van der Waals surface area contributed by atoms with Crippen LogP contribution in [0.25, 0.3) is 0 Å². The van der Waals surface area contributed by atoms with E-state index in [0.717, 1.165) is 7.14 Å². The van der Waals surface area contributed by atoms with Gasteiger partial charge in [-0.1, -0.05) is 0 Å². The van der Waals surface area contributed by atoms with Gasteiger partial charge in [0.05, 0.1) is 17.7 Å². The zero-order valence-corrected chi connectivity index (χ0v) is 12.2. The molecule has 0 aliphatic carbocycles. The van der Waals surface area contributed by atoms with Crippen molar-refractivity contribution in [1.29, 1.82) is 5.26 Å². The molecule has 0 saturated carbocycles. The molecule has 78 valence electrons. The maximum atomic E-state index is 11.4. The zero-order chi connectivity index (χ0) is 11.4. The number of ether oxygens (including phenoxy) is 1. The summed E-state index contributed by atoms with van der Waals surface area (Å²) < 4.78 is 6.62. The van der Waals surface area contributed by atoms with Gasteiger partial charge < -0.3 is 4.74 Å². The Morgan fingerprint density at radius 3 is 2.73 bits per heavy atom. The molecule has 0 bridgehead atoms. The van der Waals surface area contributed by atoms with E-state index < -0.39 is 0 Å². The molecule has 0 aromatic heterocycles. The molecule has 0 N–H and O–H groups in total. The van der Waals surface area contributed by atoms with Crippen LogP contribution in [-0.2, 0) is 4.74 Å². The Morgan fingerprint density at radius 2 is 2.20 bits per heavy atom. The van der Waals surface area contributed by atoms with Gasteiger partial charge in [-0.2, -0.15) is 5.26 Å². The van der Waals surface area contributed by atoms with Gasteiger partial charge in [-0.05, 0) is 64.2 Å². The molecular formula is C10H7I2NO2. The van der Waals surface area contributed by atoms with Crippen LogP contribution in [-0.4, -0.2) is 12.6 Å². The quantitative estimate of drug-likeness (QED) is 0.539. The molecule has 0 heterocycles. The van der Waals surface area contributed by atoms with Crippen molar-refractivity contribution < 1.29 is 9.53 Å². The van der Waals surface area contributed by atoms with Gasteiger partial charge in [0.25, 0.3) is 0 Å². The number of rotatable bonds is 2. The normalized spacial score (nSPS) is 9.47. The number of hydrogen-bond acceptors (Lipinski definition) is 3. The third-order valence-electron chi connectivity index (χ3n) is 1.66. The van der Waals surface area contributed by atoms with Crippen molar-refractivity contribution in [1.82, 2.24) is 0 Å². The van der Waals surface area contributed by atoms with Crippen LogP contribution in [0.3, 0.4) is 0 Å². The summed E-state index contributed by atoms with van der Waals surface area (Å²) in [6.45, 7) is 2.09. The number of hydrogen-bond donors (Lipinski definition) is 0. The van der Waals surface area contributed by atoms with Crippen molar-refractivity contribution in [3.63, 3.8) is 0 Å². The lowest BCUT2D eigenvalue weighted by Gasteiger charge is -2.04. The number of esters is 1. The van der Waals surface area contributed by atoms with Crippen LogP contribution in [0.15, 0.2) is 12.1 Å². The lowest BCUT2D eigenvalue weighted by Crippen LogP contribution is -2.06. The smallest absolute Gasteiger partial charge is 0.338 e. The first kappa shape index (κ1) is 12.7. The summed E-state index contributed by atoms with van der Waals surface area (Å²) in [5, 5.41) is 8.87. The predicted octanol–water partition coefficient (Wildman–Crippen LogP) is 2.94. The van der Waals surface area contributed by atoms with Gasteiger partial charge in [-0.25, -0.2) is 4.79 Å². The maximum Gasteiger partial charge on any atom is 0.338 e. The second-order valence-electron chi connectivity index (χ2n) is 2.65. The number of nitrogens with zero attached hydrogens (tertiary/aromatic N) is 1. The summed E-state index contributed by atoms with van der Waals surface area (Å²) in [6.07, 6.45) is 0. The Balaban J connectivity index is 3.18. The summed E-state index contributed by atoms with van der Waals surface area (Å²) in [4.78, 5) is 11.4. The first-order valence-corrected chi connectivity index (χ1v) is 6.32. The van der Waals surface area contributed by atoms with E-state index in [2.05, 4.69) is 51.3 Å². The highest BCUT2D eigenvalue weighted by Gasteiger charge is 2.12. The van der Waals surface area contributed by atoms with E-state index in [9.17, 15) is 4.79 Å². The third kappa shape index (κ3) is 3.04. The average Bonchev–Trinajstić information content (AvgIpc) is 2.22. The van der Waals surface area contributed by atoms with Crippen molar-refractivity contribution in [2.24, 2.45) is 0 Å². The molecule has 0 unspecified atom stereocenters. The SMILES string of the molecule is CCOC(=O)c1cc(I)c(I)c(C#N)c1. The van der Waals surface area contributed by atoms with Crippen LogP contribution >= 0.6 is 45.2 Å². The highest BCUT2D eigenvalue weighted by Crippen LogP contribution is 2.21. The van der Waals surface area contributed by atoms with Crippen molar-refractivity contribution in [2.45, 2.75) is 6.92 Å². The minimum absolute atomic E-state index is 0.337. The molecule has 0 saturated heterocycles. The van der Waals surface area contributed by atoms with Gasteiger partial charge in [0.2, 0.25) is 0 Å². The molecule has 1 aromatic rings. The average molecular weight is 427 g/mol. The van der Waals surface area contributed by atoms with Crippen molar-refractivity contribution >= 4 is 51.2 Å². The van der Waals surface area contributed by atoms with Crippen LogP contribution in [0.2, 0.25) is 0 Å². The monoisotopic (exact) mass is 427 g/mol. The van der Waals surface area contributed by atoms with Crippen LogP contribution in [0, 0.1) is 18.5 Å². The fourth-order valence-corrected chi connectivity index (χ4v) is 2.06. The molecule has 0 radical (unpaired) electrons. The van der Waals surface area contributed by atoms with Gasteiger partial charge >= 0.3 is 5.97 Å². The molecule has 0 atom stereocenters. The molecule has 3 nitrogen and oxygen atoms in total. The van der Waals surface area contributed by atoms with Gasteiger partial charge in [0, 0.05) is 7.14 Å². The molecule has 0 fully saturated rings. The number of benzene rings is 1. The molecule has 0 aliphatic heterocycles. The minimum atomic E-state index is -0.386. The maximum absolute atomic E-state index is 11.4. The molecule has 1 aromatic carbocycles. The lowest BCUT2D eigenvalue weighted by atomic mass is 10.1. The molecule has 1 rings (SSSR count). The number of carbonyl (C=O) groups excluding carboxylic acids is 1. The van der Waals surface area contributed by atoms with Gasteiger partial charge in [-0.3, -0.25) is 0 Å². The summed E-state index contributed by atoms with van der Waals surface area (Å²) >= 11 is 4.18. The second kappa shape index (κ2) is 5.65. The lowest BCUT2D eigenvalue weighted by molar-refractivity contribution is 0.0526. The van der Waals surface area contributed by atoms with Crippen molar-refractivity contribution in [2.75, 3.05) is 6.61 Å². The summed E-state index contributed by atoms with van der Waals surface area (Å²) in [6, 6.07) is 5.33. The van der Waals surface area contributed by atoms with Crippen molar-refractivity contribution in [3.8, 4) is 6.07 Å². The van der Waals surface area contributed by atoms with E-state index in [1.807, 2.05) is 0 Å². The topological polar surface area (TPSA) is 50.1 Å².